The van der Waals surface area contributed by atoms with Crippen molar-refractivity contribution in [1.82, 2.24) is 37.2 Å². The van der Waals surface area contributed by atoms with Crippen LogP contribution < -0.4 is 43.0 Å². The molecule has 33 nitrogen and oxygen atoms in total. The number of nitrogens with one attached hydrogen (secondary N) is 7. The van der Waals surface area contributed by atoms with E-state index in [2.05, 4.69) is 37.2 Å². The largest absolute Gasteiger partial charge is 0.481 e. The minimum absolute atomic E-state index is 0.0231. The smallest absolute Gasteiger partial charge is 0.315 e. The van der Waals surface area contributed by atoms with Crippen molar-refractivity contribution < 1.29 is 120 Å². The summed E-state index contributed by atoms with van der Waals surface area (Å²) in [5.74, 6) is -4.00. The highest BCUT2D eigenvalue weighted by Crippen LogP contribution is 2.33. The van der Waals surface area contributed by atoms with Gasteiger partial charge >= 0.3 is 12.0 Å². The number of carbonyl (C=O) groups is 8. The van der Waals surface area contributed by atoms with Gasteiger partial charge in [-0.2, -0.15) is 11.8 Å². The Balaban J connectivity index is 1.01. The molecule has 0 aromatic carbocycles. The van der Waals surface area contributed by atoms with Gasteiger partial charge in [-0.15, -0.1) is 0 Å². The molecule has 3 aliphatic heterocycles. The zero-order valence-corrected chi connectivity index (χ0v) is 53.0. The predicted octanol–water partition coefficient (Wildman–Crippen LogP) is -3.77. The van der Waals surface area contributed by atoms with Crippen LogP contribution in [0.15, 0.2) is 0 Å². The van der Waals surface area contributed by atoms with Gasteiger partial charge in [0, 0.05) is 50.3 Å². The number of unbranched alkanes of at least 4 members (excludes halogenated alkanes) is 1. The number of primary amides is 1. The number of carbonyl (C=O) groups excluding carboxylic acids is 7. The number of ether oxygens (including phenoxy) is 14. The fraction of sp³-hybridized carbons (Fsp3) is 0.857. The fourth-order valence-electron chi connectivity index (χ4n) is 8.81. The number of hydrogen-bond acceptors (Lipinski definition) is 25. The van der Waals surface area contributed by atoms with Crippen molar-refractivity contribution in [2.75, 3.05) is 177 Å². The number of fused-ring (bicyclic) bond motifs is 1. The molecule has 11 atom stereocenters. The number of urea groups is 1. The van der Waals surface area contributed by atoms with Crippen molar-refractivity contribution in [2.24, 2.45) is 5.73 Å². The van der Waals surface area contributed by atoms with Crippen molar-refractivity contribution in [3.05, 3.63) is 0 Å². The Labute approximate surface area is 529 Å². The van der Waals surface area contributed by atoms with E-state index in [4.69, 9.17) is 77.2 Å². The molecule has 3 saturated heterocycles. The SMILES string of the molecule is CC(=O)N[C@@H]1[C@@H](O[C@H](C)C(=O)N[C@@H](C)C(=O)N[C@H](CCC(=O)O)C(N)=O)[C@H](O)[C@@H](CNC(=O)CCOCCOCCOCCOCCOCCOCCOCCOCCOCCOCCOCCOCCNC(=O)CCCC[C@@H]2SC[C@@H]3NC(=O)N[C@@H]32)O[C@H]1O. The lowest BCUT2D eigenvalue weighted by atomic mass is 9.95. The molecule has 3 aliphatic rings. The van der Waals surface area contributed by atoms with Gasteiger partial charge in [-0.25, -0.2) is 4.79 Å². The molecule has 3 fully saturated rings. The van der Waals surface area contributed by atoms with Crippen LogP contribution in [0.1, 0.15) is 65.7 Å². The molecule has 0 saturated carbocycles. The first-order valence-corrected chi connectivity index (χ1v) is 31.7. The summed E-state index contributed by atoms with van der Waals surface area (Å²) in [5.41, 5.74) is 5.26. The maximum absolute atomic E-state index is 13.0. The van der Waals surface area contributed by atoms with E-state index in [-0.39, 0.29) is 63.2 Å². The molecule has 520 valence electrons. The lowest BCUT2D eigenvalue weighted by Crippen LogP contribution is -2.66. The molecule has 0 unspecified atom stereocenters. The molecule has 0 radical (unpaired) electrons. The lowest BCUT2D eigenvalue weighted by Gasteiger charge is -2.43. The van der Waals surface area contributed by atoms with Crippen LogP contribution in [-0.4, -0.2) is 306 Å². The third-order valence-corrected chi connectivity index (χ3v) is 15.1. The first kappa shape index (κ1) is 79.5. The summed E-state index contributed by atoms with van der Waals surface area (Å²) >= 11 is 1.89. The first-order valence-electron chi connectivity index (χ1n) is 30.7. The van der Waals surface area contributed by atoms with Crippen LogP contribution in [0.2, 0.25) is 0 Å². The summed E-state index contributed by atoms with van der Waals surface area (Å²) in [7, 11) is 0. The standard InChI is InChI=1S/C56H100N8O25S/c1-38(53(72)62-41(52(57)71)8-9-47(68)69)60-54(73)39(2)88-51-49(61-40(3)65)55(74)89-43(50(51)70)36-59-46(67)10-12-76-14-16-78-18-20-80-22-24-82-26-28-84-30-32-86-34-35-87-33-31-85-29-27-83-25-23-81-21-19-79-17-15-77-13-11-58-45(66)7-5-4-6-44-48-42(37-90-44)63-56(75)64-48/h38-39,41-44,48-51,55,70,74H,4-37H2,1-3H3,(H2,57,71)(H,58,66)(H,59,67)(H,60,73)(H,61,65)(H,62,72)(H,68,69)(H2,63,64,75)/t38-,39+,41+,42-,43+,44-,48-,49+,50+,51+,55+/m0/s1. The highest BCUT2D eigenvalue weighted by Gasteiger charge is 2.47. The Hall–Kier alpha value is -4.73. The molecule has 90 heavy (non-hydrogen) atoms. The molecule has 3 rings (SSSR count). The molecule has 12 N–H and O–H groups in total. The lowest BCUT2D eigenvalue weighted by molar-refractivity contribution is -0.259. The van der Waals surface area contributed by atoms with Crippen molar-refractivity contribution in [3.63, 3.8) is 0 Å². The number of aliphatic hydroxyl groups excluding tert-OH is 2. The van der Waals surface area contributed by atoms with E-state index >= 15 is 0 Å². The Morgan fingerprint density at radius 3 is 1.54 bits per heavy atom. The summed E-state index contributed by atoms with van der Waals surface area (Å²) in [5, 5.41) is 49.8. The number of hydrogen-bond donors (Lipinski definition) is 11. The average Bonchev–Trinajstić information content (AvgIpc) is 4.06. The van der Waals surface area contributed by atoms with Gasteiger partial charge in [0.25, 0.3) is 0 Å². The first-order chi connectivity index (χ1) is 43.5. The van der Waals surface area contributed by atoms with E-state index in [9.17, 15) is 48.6 Å². The summed E-state index contributed by atoms with van der Waals surface area (Å²) in [6.07, 6.45) is -4.94. The van der Waals surface area contributed by atoms with Crippen LogP contribution in [0.3, 0.4) is 0 Å². The quantitative estimate of drug-likeness (QED) is 0.0206. The second-order valence-corrected chi connectivity index (χ2v) is 22.0. The van der Waals surface area contributed by atoms with Crippen molar-refractivity contribution in [2.45, 2.75) is 132 Å². The summed E-state index contributed by atoms with van der Waals surface area (Å²) in [6, 6.07) is -3.56. The average molecular weight is 1320 g/mol. The minimum atomic E-state index is -1.73. The Bertz CT molecular complexity index is 2030. The van der Waals surface area contributed by atoms with E-state index in [1.54, 1.807) is 0 Å². The monoisotopic (exact) mass is 1320 g/mol. The Morgan fingerprint density at radius 1 is 0.611 bits per heavy atom. The Kier molecular flexibility index (Phi) is 44.0. The maximum Gasteiger partial charge on any atom is 0.315 e. The number of aliphatic carboxylic acids is 1. The summed E-state index contributed by atoms with van der Waals surface area (Å²) in [4.78, 5) is 96.4. The second kappa shape index (κ2) is 49.8. The van der Waals surface area contributed by atoms with Gasteiger partial charge < -0.3 is 125 Å². The number of thioether (sulfide) groups is 1. The van der Waals surface area contributed by atoms with Crippen molar-refractivity contribution >= 4 is 59.2 Å². The van der Waals surface area contributed by atoms with Gasteiger partial charge in [-0.05, 0) is 33.1 Å². The summed E-state index contributed by atoms with van der Waals surface area (Å²) < 4.78 is 77.3. The molecular weight excluding hydrogens is 1220 g/mol. The van der Waals surface area contributed by atoms with E-state index < -0.39 is 90.8 Å². The van der Waals surface area contributed by atoms with Gasteiger partial charge in [0.05, 0.1) is 171 Å². The number of nitrogens with two attached hydrogens (primary N) is 1. The van der Waals surface area contributed by atoms with Gasteiger partial charge in [0.1, 0.15) is 42.5 Å². The van der Waals surface area contributed by atoms with Crippen LogP contribution in [0, 0.1) is 0 Å². The zero-order valence-electron chi connectivity index (χ0n) is 52.2. The molecule has 3 heterocycles. The third-order valence-electron chi connectivity index (χ3n) is 13.6. The summed E-state index contributed by atoms with van der Waals surface area (Å²) in [6.45, 7) is 13.2. The van der Waals surface area contributed by atoms with Gasteiger partial charge in [-0.3, -0.25) is 33.6 Å². The Morgan fingerprint density at radius 2 is 1.08 bits per heavy atom. The van der Waals surface area contributed by atoms with Crippen LogP contribution in [0.5, 0.6) is 0 Å². The van der Waals surface area contributed by atoms with Crippen molar-refractivity contribution in [1.29, 1.82) is 0 Å². The third kappa shape index (κ3) is 37.1. The molecular formula is C56H100N8O25S. The van der Waals surface area contributed by atoms with Crippen LogP contribution in [-0.2, 0) is 99.9 Å². The number of rotatable bonds is 57. The van der Waals surface area contributed by atoms with Crippen LogP contribution in [0.4, 0.5) is 4.79 Å². The van der Waals surface area contributed by atoms with E-state index in [1.807, 2.05) is 11.8 Å². The fourth-order valence-corrected chi connectivity index (χ4v) is 10.4. The van der Waals surface area contributed by atoms with Crippen LogP contribution >= 0.6 is 11.8 Å². The highest BCUT2D eigenvalue weighted by atomic mass is 32.2. The number of carboxylic acids is 1. The minimum Gasteiger partial charge on any atom is -0.481 e. The zero-order chi connectivity index (χ0) is 65.6. The number of carboxylic acid groups (broad SMARTS) is 1. The van der Waals surface area contributed by atoms with Crippen LogP contribution in [0.25, 0.3) is 0 Å². The number of aliphatic hydroxyl groups is 2. The molecule has 0 aromatic heterocycles. The van der Waals surface area contributed by atoms with E-state index in [0.717, 1.165) is 31.9 Å². The number of amides is 8. The van der Waals surface area contributed by atoms with Gasteiger partial charge in [0.15, 0.2) is 6.29 Å². The maximum atomic E-state index is 13.0. The van der Waals surface area contributed by atoms with Crippen molar-refractivity contribution in [3.8, 4) is 0 Å². The topological polar surface area (TPSA) is 437 Å². The molecule has 34 heteroatoms. The van der Waals surface area contributed by atoms with E-state index in [0.29, 0.717) is 157 Å². The molecule has 0 aliphatic carbocycles. The highest BCUT2D eigenvalue weighted by molar-refractivity contribution is 8.00. The van der Waals surface area contributed by atoms with Gasteiger partial charge in [-0.1, -0.05) is 6.42 Å². The molecule has 0 aromatic rings. The molecule has 0 bridgehead atoms. The normalized spacial score (nSPS) is 21.3. The predicted molar refractivity (Wildman–Crippen MR) is 319 cm³/mol. The molecule has 8 amide bonds. The second-order valence-electron chi connectivity index (χ2n) is 20.8. The van der Waals surface area contributed by atoms with E-state index in [1.165, 1.54) is 13.8 Å². The van der Waals surface area contributed by atoms with Gasteiger partial charge in [0.2, 0.25) is 35.4 Å². The molecule has 0 spiro atoms.